The van der Waals surface area contributed by atoms with Gasteiger partial charge in [-0.05, 0) is 64.4 Å². The van der Waals surface area contributed by atoms with Gasteiger partial charge in [-0.1, -0.05) is 41.6 Å². The van der Waals surface area contributed by atoms with Crippen LogP contribution in [0.25, 0.3) is 17.1 Å². The monoisotopic (exact) mass is 488 g/mol. The van der Waals surface area contributed by atoms with Gasteiger partial charge in [0.25, 0.3) is 0 Å². The number of Topliss-reactive ketones (excluding diaryl/α,β-unsaturated/α-hetero) is 2. The molecule has 35 heavy (non-hydrogen) atoms. The fourth-order valence-electron chi connectivity index (χ4n) is 4.22. The molecule has 2 aromatic heterocycles. The molecule has 0 radical (unpaired) electrons. The molecule has 1 atom stereocenters. The Labute approximate surface area is 208 Å². The number of hydrogen-bond donors (Lipinski definition) is 1. The number of aryl methyl sites for hydroxylation is 2. The smallest absolute Gasteiger partial charge is 0.196 e. The Bertz CT molecular complexity index is 1400. The van der Waals surface area contributed by atoms with Crippen molar-refractivity contribution in [2.24, 2.45) is 0 Å². The van der Waals surface area contributed by atoms with Gasteiger partial charge in [0, 0.05) is 16.9 Å². The lowest BCUT2D eigenvalue weighted by Crippen LogP contribution is -2.16. The third-order valence-corrected chi connectivity index (χ3v) is 7.00. The zero-order valence-corrected chi connectivity index (χ0v) is 21.5. The van der Waals surface area contributed by atoms with Crippen LogP contribution in [0.2, 0.25) is 0 Å². The number of hydrogen-bond acceptors (Lipinski definition) is 6. The average Bonchev–Trinajstić information content (AvgIpc) is 3.38. The third kappa shape index (κ3) is 4.66. The maximum Gasteiger partial charge on any atom is 0.196 e. The molecule has 0 aliphatic rings. The molecule has 2 aromatic carbocycles. The first kappa shape index (κ1) is 24.5. The van der Waals surface area contributed by atoms with E-state index >= 15 is 0 Å². The second-order valence-corrected chi connectivity index (χ2v) is 9.79. The fourth-order valence-corrected chi connectivity index (χ4v) is 5.14. The number of ketones is 2. The predicted molar refractivity (Wildman–Crippen MR) is 138 cm³/mol. The van der Waals surface area contributed by atoms with E-state index in [1.807, 2.05) is 73.9 Å². The van der Waals surface area contributed by atoms with Gasteiger partial charge in [0.2, 0.25) is 0 Å². The number of aromatic nitrogens is 4. The lowest BCUT2D eigenvalue weighted by atomic mass is 10.0. The molecule has 1 N–H and O–H groups in total. The number of carbonyl (C=O) groups excluding carboxylic acids is 2. The molecule has 8 heteroatoms. The van der Waals surface area contributed by atoms with Crippen LogP contribution >= 0.6 is 11.8 Å². The van der Waals surface area contributed by atoms with E-state index in [9.17, 15) is 9.59 Å². The number of benzene rings is 2. The van der Waals surface area contributed by atoms with Gasteiger partial charge in [-0.15, -0.1) is 10.2 Å². The Kier molecular flexibility index (Phi) is 6.93. The zero-order valence-electron chi connectivity index (χ0n) is 20.7. The molecule has 0 fully saturated rings. The molecular formula is C27H28N4O3S. The quantitative estimate of drug-likeness (QED) is 0.250. The van der Waals surface area contributed by atoms with Crippen molar-refractivity contribution in [1.29, 1.82) is 0 Å². The Morgan fingerprint density at radius 2 is 1.71 bits per heavy atom. The van der Waals surface area contributed by atoms with Crippen LogP contribution in [0.5, 0.6) is 5.75 Å². The molecule has 0 amide bonds. The Hall–Kier alpha value is -3.65. The van der Waals surface area contributed by atoms with Gasteiger partial charge in [-0.3, -0.25) is 14.2 Å². The molecule has 4 rings (SSSR count). The van der Waals surface area contributed by atoms with E-state index in [1.54, 1.807) is 14.0 Å². The van der Waals surface area contributed by atoms with Crippen molar-refractivity contribution >= 4 is 23.3 Å². The van der Waals surface area contributed by atoms with Gasteiger partial charge in [0.15, 0.2) is 22.5 Å². The van der Waals surface area contributed by atoms with Crippen LogP contribution in [0.3, 0.4) is 0 Å². The molecule has 0 saturated heterocycles. The van der Waals surface area contributed by atoms with E-state index in [0.717, 1.165) is 16.8 Å². The number of thioether (sulfide) groups is 1. The van der Waals surface area contributed by atoms with Gasteiger partial charge >= 0.3 is 0 Å². The number of rotatable bonds is 8. The second-order valence-electron chi connectivity index (χ2n) is 8.48. The Morgan fingerprint density at radius 1 is 1.03 bits per heavy atom. The summed E-state index contributed by atoms with van der Waals surface area (Å²) < 4.78 is 7.51. The lowest BCUT2D eigenvalue weighted by Gasteiger charge is -2.14. The molecule has 0 spiro atoms. The molecule has 0 saturated carbocycles. The number of nitrogens with one attached hydrogen (secondary N) is 1. The first-order valence-electron chi connectivity index (χ1n) is 11.3. The van der Waals surface area contributed by atoms with Gasteiger partial charge in [-0.25, -0.2) is 0 Å². The highest BCUT2D eigenvalue weighted by molar-refractivity contribution is 8.00. The molecule has 0 bridgehead atoms. The maximum absolute atomic E-state index is 13.4. The molecule has 7 nitrogen and oxygen atoms in total. The molecule has 1 unspecified atom stereocenters. The second kappa shape index (κ2) is 9.92. The van der Waals surface area contributed by atoms with Crippen molar-refractivity contribution in [1.82, 2.24) is 19.7 Å². The first-order chi connectivity index (χ1) is 16.7. The number of nitrogens with zero attached hydrogens (tertiary/aromatic N) is 3. The van der Waals surface area contributed by atoms with Crippen LogP contribution in [0.1, 0.15) is 51.5 Å². The largest absolute Gasteiger partial charge is 0.496 e. The Morgan fingerprint density at radius 3 is 2.34 bits per heavy atom. The standard InChI is InChI=1S/C27H28N4O3S/c1-15-11-13-20(14-12-15)31-26(21-9-7-8-10-22(21)34-6)29-30-27(31)35-19(5)25(33)24-16(2)23(18(4)32)17(3)28-24/h7-14,19,28H,1-6H3. The Balaban J connectivity index is 1.76. The van der Waals surface area contributed by atoms with Crippen LogP contribution in [-0.2, 0) is 0 Å². The summed E-state index contributed by atoms with van der Waals surface area (Å²) in [7, 11) is 1.62. The summed E-state index contributed by atoms with van der Waals surface area (Å²) >= 11 is 1.33. The minimum absolute atomic E-state index is 0.0591. The maximum atomic E-state index is 13.4. The number of carbonyl (C=O) groups is 2. The van der Waals surface area contributed by atoms with E-state index in [4.69, 9.17) is 4.74 Å². The van der Waals surface area contributed by atoms with Crippen LogP contribution < -0.4 is 4.74 Å². The first-order valence-corrected chi connectivity index (χ1v) is 12.2. The predicted octanol–water partition coefficient (Wildman–Crippen LogP) is 5.76. The molecule has 0 aliphatic heterocycles. The van der Waals surface area contributed by atoms with Gasteiger partial charge in [0.1, 0.15) is 5.75 Å². The summed E-state index contributed by atoms with van der Waals surface area (Å²) in [6, 6.07) is 15.7. The molecule has 4 aromatic rings. The summed E-state index contributed by atoms with van der Waals surface area (Å²) in [6.07, 6.45) is 0. The van der Waals surface area contributed by atoms with Gasteiger partial charge in [-0.2, -0.15) is 0 Å². The molecule has 180 valence electrons. The summed E-state index contributed by atoms with van der Waals surface area (Å²) in [5.74, 6) is 1.15. The topological polar surface area (TPSA) is 89.9 Å². The van der Waals surface area contributed by atoms with Crippen molar-refractivity contribution < 1.29 is 14.3 Å². The number of methoxy groups -OCH3 is 1. The summed E-state index contributed by atoms with van der Waals surface area (Å²) in [4.78, 5) is 28.5. The van der Waals surface area contributed by atoms with Crippen LogP contribution in [-0.4, -0.2) is 43.7 Å². The highest BCUT2D eigenvalue weighted by Gasteiger charge is 2.27. The highest BCUT2D eigenvalue weighted by atomic mass is 32.2. The number of ether oxygens (including phenoxy) is 1. The minimum atomic E-state index is -0.467. The van der Waals surface area contributed by atoms with E-state index in [1.165, 1.54) is 18.7 Å². The minimum Gasteiger partial charge on any atom is -0.496 e. The number of para-hydroxylation sites is 1. The third-order valence-electron chi connectivity index (χ3n) is 5.96. The van der Waals surface area contributed by atoms with Crippen molar-refractivity contribution in [2.45, 2.75) is 45.0 Å². The van der Waals surface area contributed by atoms with Crippen molar-refractivity contribution in [3.05, 3.63) is 76.6 Å². The van der Waals surface area contributed by atoms with Crippen molar-refractivity contribution in [2.75, 3.05) is 7.11 Å². The van der Waals surface area contributed by atoms with Crippen LogP contribution in [0.15, 0.2) is 53.7 Å². The van der Waals surface area contributed by atoms with Gasteiger partial charge in [0.05, 0.1) is 23.6 Å². The highest BCUT2D eigenvalue weighted by Crippen LogP contribution is 2.35. The number of aromatic amines is 1. The summed E-state index contributed by atoms with van der Waals surface area (Å²) in [5, 5.41) is 9.07. The van der Waals surface area contributed by atoms with E-state index in [2.05, 4.69) is 15.2 Å². The molecule has 0 aliphatic carbocycles. The molecular weight excluding hydrogens is 460 g/mol. The molecule has 2 heterocycles. The average molecular weight is 489 g/mol. The number of H-pyrrole nitrogens is 1. The SMILES string of the molecule is COc1ccccc1-c1nnc(SC(C)C(=O)c2[nH]c(C)c(C(C)=O)c2C)n1-c1ccc(C)cc1. The van der Waals surface area contributed by atoms with Crippen LogP contribution in [0.4, 0.5) is 0 Å². The van der Waals surface area contributed by atoms with Crippen LogP contribution in [0, 0.1) is 20.8 Å². The van der Waals surface area contributed by atoms with Gasteiger partial charge < -0.3 is 9.72 Å². The summed E-state index contributed by atoms with van der Waals surface area (Å²) in [6.45, 7) is 9.00. The zero-order chi connectivity index (χ0) is 25.3. The van der Waals surface area contributed by atoms with E-state index < -0.39 is 5.25 Å². The summed E-state index contributed by atoms with van der Waals surface area (Å²) in [5.41, 5.74) is 5.24. The normalized spacial score (nSPS) is 11.9. The van der Waals surface area contributed by atoms with E-state index in [0.29, 0.717) is 39.2 Å². The lowest BCUT2D eigenvalue weighted by molar-refractivity contribution is 0.0988. The van der Waals surface area contributed by atoms with E-state index in [-0.39, 0.29) is 11.6 Å². The van der Waals surface area contributed by atoms with Crippen molar-refractivity contribution in [3.8, 4) is 22.8 Å². The fraction of sp³-hybridized carbons (Fsp3) is 0.259. The van der Waals surface area contributed by atoms with Crippen molar-refractivity contribution in [3.63, 3.8) is 0 Å².